The van der Waals surface area contributed by atoms with E-state index in [1.165, 1.54) is 23.5 Å². The lowest BCUT2D eigenvalue weighted by atomic mass is 9.75. The fraction of sp³-hybridized carbons (Fsp3) is 0.250. The number of thiazole rings is 1. The van der Waals surface area contributed by atoms with Crippen molar-refractivity contribution < 1.29 is 9.18 Å². The predicted octanol–water partition coefficient (Wildman–Crippen LogP) is 5.17. The van der Waals surface area contributed by atoms with Crippen molar-refractivity contribution in [2.75, 3.05) is 0 Å². The van der Waals surface area contributed by atoms with E-state index in [1.54, 1.807) is 12.3 Å². The molecule has 3 aromatic rings. The van der Waals surface area contributed by atoms with Gasteiger partial charge in [0.25, 0.3) is 0 Å². The highest BCUT2D eigenvalue weighted by atomic mass is 32.1. The van der Waals surface area contributed by atoms with Crippen molar-refractivity contribution in [2.24, 2.45) is 5.41 Å². The van der Waals surface area contributed by atoms with E-state index in [0.717, 1.165) is 45.2 Å². The molecule has 0 saturated heterocycles. The van der Waals surface area contributed by atoms with Crippen molar-refractivity contribution in [1.82, 2.24) is 9.97 Å². The van der Waals surface area contributed by atoms with Crippen LogP contribution in [0.25, 0.3) is 21.1 Å². The third-order valence-corrected chi connectivity index (χ3v) is 5.72. The molecule has 1 aromatic carbocycles. The molecule has 0 atom stereocenters. The van der Waals surface area contributed by atoms with Crippen molar-refractivity contribution >= 4 is 17.1 Å². The Bertz CT molecular complexity index is 977. The molecule has 0 bridgehead atoms. The summed E-state index contributed by atoms with van der Waals surface area (Å²) in [5.41, 5.74) is 2.82. The van der Waals surface area contributed by atoms with E-state index < -0.39 is 0 Å². The van der Waals surface area contributed by atoms with Crippen LogP contribution in [-0.4, -0.2) is 15.8 Å². The van der Waals surface area contributed by atoms with Gasteiger partial charge in [-0.3, -0.25) is 4.79 Å². The highest BCUT2D eigenvalue weighted by Gasteiger charge is 2.34. The lowest BCUT2D eigenvalue weighted by molar-refractivity contribution is 0.0809. The van der Waals surface area contributed by atoms with Gasteiger partial charge in [0.15, 0.2) is 5.78 Å². The van der Waals surface area contributed by atoms with Crippen molar-refractivity contribution in [3.63, 3.8) is 0 Å². The van der Waals surface area contributed by atoms with E-state index >= 15 is 0 Å². The molecule has 2 aromatic heterocycles. The second-order valence-corrected chi connectivity index (χ2v) is 7.97. The van der Waals surface area contributed by atoms with Gasteiger partial charge in [0.2, 0.25) is 0 Å². The first-order valence-electron chi connectivity index (χ1n) is 8.21. The number of rotatable bonds is 2. The molecule has 4 rings (SSSR count). The lowest BCUT2D eigenvalue weighted by Crippen LogP contribution is -2.31. The molecule has 2 heterocycles. The largest absolute Gasteiger partial charge is 0.294 e. The fourth-order valence-corrected chi connectivity index (χ4v) is 3.98. The standard InChI is InChI=1S/C20H17FN2OS/c1-20(2)9-8-15-14(18(20)24)6-7-16(23-15)19-22-11-17(25-19)12-4-3-5-13(21)10-12/h3-7,10-11H,8-9H2,1-2H3. The van der Waals surface area contributed by atoms with Crippen LogP contribution in [0.4, 0.5) is 4.39 Å². The van der Waals surface area contributed by atoms with Gasteiger partial charge in [-0.05, 0) is 42.7 Å². The van der Waals surface area contributed by atoms with E-state index in [9.17, 15) is 9.18 Å². The number of hydrogen-bond acceptors (Lipinski definition) is 4. The number of carbonyl (C=O) groups excluding carboxylic acids is 1. The molecule has 0 unspecified atom stereocenters. The Morgan fingerprint density at radius 1 is 1.20 bits per heavy atom. The molecule has 0 N–H and O–H groups in total. The second-order valence-electron chi connectivity index (χ2n) is 6.94. The summed E-state index contributed by atoms with van der Waals surface area (Å²) in [6.07, 6.45) is 3.34. The first kappa shape index (κ1) is 16.1. The molecule has 0 spiro atoms. The first-order valence-corrected chi connectivity index (χ1v) is 9.02. The van der Waals surface area contributed by atoms with Crippen molar-refractivity contribution in [3.05, 3.63) is 59.7 Å². The average Bonchev–Trinajstić information content (AvgIpc) is 3.08. The number of aromatic nitrogens is 2. The maximum Gasteiger partial charge on any atom is 0.170 e. The van der Waals surface area contributed by atoms with Gasteiger partial charge >= 0.3 is 0 Å². The molecule has 0 fully saturated rings. The molecule has 0 saturated carbocycles. The summed E-state index contributed by atoms with van der Waals surface area (Å²) in [5.74, 6) is -0.104. The fourth-order valence-electron chi connectivity index (χ4n) is 3.09. The minimum Gasteiger partial charge on any atom is -0.294 e. The summed E-state index contributed by atoms with van der Waals surface area (Å²) in [5, 5.41) is 0.777. The smallest absolute Gasteiger partial charge is 0.170 e. The topological polar surface area (TPSA) is 42.9 Å². The average molecular weight is 352 g/mol. The van der Waals surface area contributed by atoms with E-state index in [-0.39, 0.29) is 17.0 Å². The van der Waals surface area contributed by atoms with Gasteiger partial charge in [-0.2, -0.15) is 0 Å². The monoisotopic (exact) mass is 352 g/mol. The van der Waals surface area contributed by atoms with Gasteiger partial charge in [0.1, 0.15) is 10.8 Å². The van der Waals surface area contributed by atoms with E-state index in [1.807, 2.05) is 32.0 Å². The predicted molar refractivity (Wildman–Crippen MR) is 97.2 cm³/mol. The second kappa shape index (κ2) is 5.85. The minimum absolute atomic E-state index is 0.160. The maximum absolute atomic E-state index is 13.4. The van der Waals surface area contributed by atoms with E-state index in [2.05, 4.69) is 9.97 Å². The number of nitrogens with zero attached hydrogens (tertiary/aromatic N) is 2. The molecule has 1 aliphatic carbocycles. The SMILES string of the molecule is CC1(C)CCc2nc(-c3ncc(-c4cccc(F)c4)s3)ccc2C1=O. The highest BCUT2D eigenvalue weighted by molar-refractivity contribution is 7.18. The summed E-state index contributed by atoms with van der Waals surface area (Å²) in [6.45, 7) is 3.97. The molecule has 1 aliphatic rings. The number of fused-ring (bicyclic) bond motifs is 1. The molecule has 0 aliphatic heterocycles. The number of carbonyl (C=O) groups is 1. The number of hydrogen-bond donors (Lipinski definition) is 0. The molecule has 0 radical (unpaired) electrons. The van der Waals surface area contributed by atoms with Crippen LogP contribution in [0.3, 0.4) is 0 Å². The van der Waals surface area contributed by atoms with Gasteiger partial charge < -0.3 is 0 Å². The summed E-state index contributed by atoms with van der Waals surface area (Å²) in [4.78, 5) is 22.5. The molecule has 5 heteroatoms. The zero-order chi connectivity index (χ0) is 17.6. The maximum atomic E-state index is 13.4. The number of halogens is 1. The van der Waals surface area contributed by atoms with Crippen LogP contribution >= 0.6 is 11.3 Å². The Balaban J connectivity index is 1.69. The van der Waals surface area contributed by atoms with E-state index in [0.29, 0.717) is 0 Å². The number of aryl methyl sites for hydroxylation is 1. The third kappa shape index (κ3) is 2.89. The van der Waals surface area contributed by atoms with Crippen molar-refractivity contribution in [2.45, 2.75) is 26.7 Å². The number of pyridine rings is 1. The van der Waals surface area contributed by atoms with Gasteiger partial charge in [-0.15, -0.1) is 11.3 Å². The normalized spacial score (nSPS) is 15.9. The van der Waals surface area contributed by atoms with Crippen molar-refractivity contribution in [3.8, 4) is 21.1 Å². The lowest BCUT2D eigenvalue weighted by Gasteiger charge is -2.28. The van der Waals surface area contributed by atoms with Crippen LogP contribution in [0.15, 0.2) is 42.6 Å². The Morgan fingerprint density at radius 2 is 2.04 bits per heavy atom. The molecule has 3 nitrogen and oxygen atoms in total. The molecule has 25 heavy (non-hydrogen) atoms. The zero-order valence-corrected chi connectivity index (χ0v) is 14.9. The number of Topliss-reactive ketones (excluding diaryl/α,β-unsaturated/α-hetero) is 1. The van der Waals surface area contributed by atoms with Crippen molar-refractivity contribution in [1.29, 1.82) is 0 Å². The Morgan fingerprint density at radius 3 is 2.84 bits per heavy atom. The zero-order valence-electron chi connectivity index (χ0n) is 14.0. The summed E-state index contributed by atoms with van der Waals surface area (Å²) >= 11 is 1.47. The summed E-state index contributed by atoms with van der Waals surface area (Å²) in [6, 6.07) is 10.2. The Hall–Kier alpha value is -2.40. The summed E-state index contributed by atoms with van der Waals surface area (Å²) < 4.78 is 13.4. The Labute approximate surface area is 149 Å². The van der Waals surface area contributed by atoms with Crippen LogP contribution in [0.2, 0.25) is 0 Å². The van der Waals surface area contributed by atoms with Crippen LogP contribution in [0.5, 0.6) is 0 Å². The highest BCUT2D eigenvalue weighted by Crippen LogP contribution is 2.36. The van der Waals surface area contributed by atoms with Crippen LogP contribution in [-0.2, 0) is 6.42 Å². The first-order chi connectivity index (χ1) is 11.9. The van der Waals surface area contributed by atoms with E-state index in [4.69, 9.17) is 0 Å². The quantitative estimate of drug-likeness (QED) is 0.639. The minimum atomic E-state index is -0.318. The van der Waals surface area contributed by atoms with Gasteiger partial charge in [0, 0.05) is 17.2 Å². The third-order valence-electron chi connectivity index (χ3n) is 4.65. The van der Waals surface area contributed by atoms with Gasteiger partial charge in [0.05, 0.1) is 16.3 Å². The molecular weight excluding hydrogens is 335 g/mol. The molecular formula is C20H17FN2OS. The summed E-state index contributed by atoms with van der Waals surface area (Å²) in [7, 11) is 0. The van der Waals surface area contributed by atoms with Crippen LogP contribution in [0.1, 0.15) is 36.3 Å². The molecule has 0 amide bonds. The van der Waals surface area contributed by atoms with Crippen LogP contribution < -0.4 is 0 Å². The Kier molecular flexibility index (Phi) is 3.76. The van der Waals surface area contributed by atoms with Crippen LogP contribution in [0, 0.1) is 11.2 Å². The number of benzene rings is 1. The van der Waals surface area contributed by atoms with Gasteiger partial charge in [-0.1, -0.05) is 26.0 Å². The molecule has 126 valence electrons. The number of ketones is 1. The van der Waals surface area contributed by atoms with Gasteiger partial charge in [-0.25, -0.2) is 14.4 Å².